The molecule has 1 aliphatic carbocycles. The lowest BCUT2D eigenvalue weighted by Gasteiger charge is -2.25. The fraction of sp³-hybridized carbons (Fsp3) is 0.882. The lowest BCUT2D eigenvalue weighted by atomic mass is 9.88. The van der Waals surface area contributed by atoms with Gasteiger partial charge in [-0.15, -0.1) is 0 Å². The van der Waals surface area contributed by atoms with Crippen LogP contribution in [0.2, 0.25) is 0 Å². The first-order valence-electron chi connectivity index (χ1n) is 8.63. The predicted octanol–water partition coefficient (Wildman–Crippen LogP) is 1.83. The highest BCUT2D eigenvalue weighted by Crippen LogP contribution is 2.27. The van der Waals surface area contributed by atoms with Crippen LogP contribution in [-0.4, -0.2) is 48.6 Å². The number of aliphatic hydroxyl groups is 1. The number of hydrogen-bond acceptors (Lipinski definition) is 6. The SMILES string of the molecule is CC(CCC1OC1C)COC(=O)C(=O)OCC1CCCC(O)C1. The number of esters is 2. The molecule has 0 aromatic carbocycles. The average Bonchev–Trinajstić information content (AvgIpc) is 3.23. The van der Waals surface area contributed by atoms with Crippen LogP contribution in [0.3, 0.4) is 0 Å². The van der Waals surface area contributed by atoms with Crippen molar-refractivity contribution in [3.05, 3.63) is 0 Å². The zero-order valence-corrected chi connectivity index (χ0v) is 14.0. The van der Waals surface area contributed by atoms with Crippen molar-refractivity contribution in [2.24, 2.45) is 11.8 Å². The number of aliphatic hydroxyl groups excluding tert-OH is 1. The molecule has 1 saturated heterocycles. The molecule has 0 bridgehead atoms. The van der Waals surface area contributed by atoms with Gasteiger partial charge in [0, 0.05) is 0 Å². The monoisotopic (exact) mass is 328 g/mol. The second-order valence-corrected chi connectivity index (χ2v) is 6.95. The third-order valence-electron chi connectivity index (χ3n) is 4.65. The van der Waals surface area contributed by atoms with Crippen LogP contribution in [-0.2, 0) is 23.8 Å². The van der Waals surface area contributed by atoms with Gasteiger partial charge >= 0.3 is 11.9 Å². The van der Waals surface area contributed by atoms with Gasteiger partial charge in [0.1, 0.15) is 0 Å². The fourth-order valence-corrected chi connectivity index (χ4v) is 3.01. The van der Waals surface area contributed by atoms with Crippen molar-refractivity contribution in [2.45, 2.75) is 70.7 Å². The van der Waals surface area contributed by atoms with Crippen molar-refractivity contribution >= 4 is 11.9 Å². The molecule has 5 atom stereocenters. The summed E-state index contributed by atoms with van der Waals surface area (Å²) in [6.07, 6.45) is 5.48. The minimum absolute atomic E-state index is 0.134. The standard InChI is InChI=1S/C17H28O6/c1-11(6-7-15-12(2)23-15)9-21-16(19)17(20)22-10-13-4-3-5-14(18)8-13/h11-15,18H,3-10H2,1-2H3. The Bertz CT molecular complexity index is 410. The Morgan fingerprint density at radius 2 is 1.96 bits per heavy atom. The van der Waals surface area contributed by atoms with E-state index in [0.717, 1.165) is 32.1 Å². The van der Waals surface area contributed by atoms with Crippen molar-refractivity contribution in [3.63, 3.8) is 0 Å². The van der Waals surface area contributed by atoms with Gasteiger partial charge in [-0.25, -0.2) is 9.59 Å². The highest BCUT2D eigenvalue weighted by molar-refractivity contribution is 6.29. The van der Waals surface area contributed by atoms with Crippen molar-refractivity contribution in [1.82, 2.24) is 0 Å². The smallest absolute Gasteiger partial charge is 0.417 e. The van der Waals surface area contributed by atoms with E-state index in [2.05, 4.69) is 0 Å². The first-order chi connectivity index (χ1) is 11.0. The van der Waals surface area contributed by atoms with E-state index in [9.17, 15) is 14.7 Å². The number of rotatable bonds is 7. The number of epoxide rings is 1. The van der Waals surface area contributed by atoms with Crippen LogP contribution < -0.4 is 0 Å². The van der Waals surface area contributed by atoms with Crippen LogP contribution in [0.1, 0.15) is 52.4 Å². The molecular weight excluding hydrogens is 300 g/mol. The zero-order chi connectivity index (χ0) is 16.8. The van der Waals surface area contributed by atoms with Crippen LogP contribution >= 0.6 is 0 Å². The van der Waals surface area contributed by atoms with Gasteiger partial charge in [0.15, 0.2) is 0 Å². The molecule has 1 heterocycles. The molecule has 2 rings (SSSR count). The summed E-state index contributed by atoms with van der Waals surface area (Å²) in [7, 11) is 0. The molecule has 1 saturated carbocycles. The van der Waals surface area contributed by atoms with E-state index in [1.54, 1.807) is 0 Å². The fourth-order valence-electron chi connectivity index (χ4n) is 3.01. The highest BCUT2D eigenvalue weighted by atomic mass is 16.6. The number of carbonyl (C=O) groups is 2. The molecule has 132 valence electrons. The number of carbonyl (C=O) groups excluding carboxylic acids is 2. The molecular formula is C17H28O6. The van der Waals surface area contributed by atoms with Gasteiger partial charge in [-0.3, -0.25) is 0 Å². The van der Waals surface area contributed by atoms with Crippen LogP contribution in [0.5, 0.6) is 0 Å². The molecule has 5 unspecified atom stereocenters. The Hall–Kier alpha value is -1.14. The van der Waals surface area contributed by atoms with Crippen molar-refractivity contribution in [1.29, 1.82) is 0 Å². The van der Waals surface area contributed by atoms with Gasteiger partial charge in [-0.05, 0) is 50.9 Å². The molecule has 0 amide bonds. The third kappa shape index (κ3) is 6.47. The lowest BCUT2D eigenvalue weighted by molar-refractivity contribution is -0.169. The van der Waals surface area contributed by atoms with Gasteiger partial charge in [-0.1, -0.05) is 13.3 Å². The molecule has 1 aliphatic heterocycles. The molecule has 2 fully saturated rings. The Balaban J connectivity index is 1.56. The first-order valence-corrected chi connectivity index (χ1v) is 8.63. The van der Waals surface area contributed by atoms with Gasteiger partial charge in [0.05, 0.1) is 31.5 Å². The average molecular weight is 328 g/mol. The molecule has 6 heteroatoms. The topological polar surface area (TPSA) is 85.4 Å². The van der Waals surface area contributed by atoms with Gasteiger partial charge in [0.2, 0.25) is 0 Å². The van der Waals surface area contributed by atoms with Gasteiger partial charge in [0.25, 0.3) is 0 Å². The summed E-state index contributed by atoms with van der Waals surface area (Å²) in [6, 6.07) is 0. The van der Waals surface area contributed by atoms with Crippen LogP contribution in [0.4, 0.5) is 0 Å². The van der Waals surface area contributed by atoms with E-state index in [0.29, 0.717) is 18.6 Å². The Morgan fingerprint density at radius 1 is 1.26 bits per heavy atom. The maximum absolute atomic E-state index is 11.6. The maximum Gasteiger partial charge on any atom is 0.417 e. The Kier molecular flexibility index (Phi) is 6.84. The molecule has 0 spiro atoms. The predicted molar refractivity (Wildman–Crippen MR) is 82.6 cm³/mol. The van der Waals surface area contributed by atoms with Gasteiger partial charge in [-0.2, -0.15) is 0 Å². The van der Waals surface area contributed by atoms with Crippen molar-refractivity contribution < 1.29 is 28.9 Å². The zero-order valence-electron chi connectivity index (χ0n) is 14.0. The van der Waals surface area contributed by atoms with E-state index >= 15 is 0 Å². The largest absolute Gasteiger partial charge is 0.457 e. The molecule has 1 N–H and O–H groups in total. The first kappa shape index (κ1) is 18.2. The van der Waals surface area contributed by atoms with E-state index in [-0.39, 0.29) is 31.2 Å². The Morgan fingerprint density at radius 3 is 2.61 bits per heavy atom. The number of hydrogen-bond donors (Lipinski definition) is 1. The quantitative estimate of drug-likeness (QED) is 0.436. The molecule has 0 aromatic rings. The normalized spacial score (nSPS) is 31.3. The summed E-state index contributed by atoms with van der Waals surface area (Å²) in [4.78, 5) is 23.2. The Labute approximate surface area is 137 Å². The minimum atomic E-state index is -0.934. The van der Waals surface area contributed by atoms with Crippen LogP contribution in [0, 0.1) is 11.8 Å². The summed E-state index contributed by atoms with van der Waals surface area (Å²) in [6.45, 7) is 4.42. The second kappa shape index (κ2) is 8.64. The summed E-state index contributed by atoms with van der Waals surface area (Å²) in [5.41, 5.74) is 0. The highest BCUT2D eigenvalue weighted by Gasteiger charge is 2.33. The number of ether oxygens (including phenoxy) is 3. The van der Waals surface area contributed by atoms with Crippen molar-refractivity contribution in [3.8, 4) is 0 Å². The molecule has 2 aliphatic rings. The second-order valence-electron chi connectivity index (χ2n) is 6.95. The maximum atomic E-state index is 11.6. The third-order valence-corrected chi connectivity index (χ3v) is 4.65. The lowest BCUT2D eigenvalue weighted by Crippen LogP contribution is -2.28. The summed E-state index contributed by atoms with van der Waals surface area (Å²) in [5, 5.41) is 9.57. The molecule has 0 radical (unpaired) electrons. The van der Waals surface area contributed by atoms with Crippen LogP contribution in [0.25, 0.3) is 0 Å². The molecule has 23 heavy (non-hydrogen) atoms. The van der Waals surface area contributed by atoms with Crippen LogP contribution in [0.15, 0.2) is 0 Å². The van der Waals surface area contributed by atoms with E-state index in [4.69, 9.17) is 14.2 Å². The molecule has 0 aromatic heterocycles. The molecule has 6 nitrogen and oxygen atoms in total. The summed E-state index contributed by atoms with van der Waals surface area (Å²) >= 11 is 0. The minimum Gasteiger partial charge on any atom is -0.457 e. The van der Waals surface area contributed by atoms with Gasteiger partial charge < -0.3 is 19.3 Å². The van der Waals surface area contributed by atoms with Crippen molar-refractivity contribution in [2.75, 3.05) is 13.2 Å². The summed E-state index contributed by atoms with van der Waals surface area (Å²) < 4.78 is 15.3. The van der Waals surface area contributed by atoms with E-state index in [1.807, 2.05) is 13.8 Å². The van der Waals surface area contributed by atoms with E-state index in [1.165, 1.54) is 0 Å². The summed E-state index contributed by atoms with van der Waals surface area (Å²) in [5.74, 6) is -1.53. The van der Waals surface area contributed by atoms with E-state index < -0.39 is 11.9 Å².